The highest BCUT2D eigenvalue weighted by Crippen LogP contribution is 2.16. The van der Waals surface area contributed by atoms with E-state index in [9.17, 15) is 0 Å². The van der Waals surface area contributed by atoms with Crippen LogP contribution >= 0.6 is 0 Å². The first-order valence-electron chi connectivity index (χ1n) is 9.49. The van der Waals surface area contributed by atoms with Crippen molar-refractivity contribution in [2.75, 3.05) is 0 Å². The minimum Gasteiger partial charge on any atom is -0.489 e. The number of hydrogen-bond donors (Lipinski definition) is 1. The van der Waals surface area contributed by atoms with Gasteiger partial charge in [0.1, 0.15) is 18.9 Å². The predicted octanol–water partition coefficient (Wildman–Crippen LogP) is 4.44. The normalized spacial score (nSPS) is 16.3. The fourth-order valence-corrected chi connectivity index (χ4v) is 3.49. The van der Waals surface area contributed by atoms with Gasteiger partial charge in [-0.05, 0) is 55.5 Å². The van der Waals surface area contributed by atoms with Crippen LogP contribution in [-0.4, -0.2) is 6.04 Å². The molecule has 0 aromatic heterocycles. The van der Waals surface area contributed by atoms with Crippen LogP contribution in [0.4, 0.5) is 0 Å². The summed E-state index contributed by atoms with van der Waals surface area (Å²) in [4.78, 5) is 0. The second-order valence-corrected chi connectivity index (χ2v) is 6.96. The van der Waals surface area contributed by atoms with Crippen LogP contribution in [0.15, 0.2) is 54.6 Å². The molecule has 0 unspecified atom stereocenters. The van der Waals surface area contributed by atoms with Crippen molar-refractivity contribution in [3.8, 4) is 5.75 Å². The lowest BCUT2D eigenvalue weighted by Crippen LogP contribution is -2.88. The molecule has 0 saturated heterocycles. The Morgan fingerprint density at radius 2 is 1.42 bits per heavy atom. The van der Waals surface area contributed by atoms with Crippen molar-refractivity contribution in [2.45, 2.75) is 64.1 Å². The van der Waals surface area contributed by atoms with Crippen LogP contribution in [0.3, 0.4) is 0 Å². The molecule has 0 heterocycles. The van der Waals surface area contributed by atoms with E-state index in [-0.39, 0.29) is 0 Å². The van der Waals surface area contributed by atoms with E-state index >= 15 is 0 Å². The summed E-state index contributed by atoms with van der Waals surface area (Å²) < 4.78 is 5.86. The Morgan fingerprint density at radius 1 is 0.750 bits per heavy atom. The van der Waals surface area contributed by atoms with Crippen molar-refractivity contribution in [2.24, 2.45) is 0 Å². The smallest absolute Gasteiger partial charge is 0.119 e. The van der Waals surface area contributed by atoms with E-state index in [1.54, 1.807) is 0 Å². The first kappa shape index (κ1) is 17.0. The number of ether oxygens (including phenoxy) is 1. The monoisotopic (exact) mass is 324 g/mol. The van der Waals surface area contributed by atoms with E-state index in [1.807, 2.05) is 18.2 Å². The summed E-state index contributed by atoms with van der Waals surface area (Å²) in [7, 11) is 0. The van der Waals surface area contributed by atoms with Gasteiger partial charge in [0.05, 0.1) is 6.04 Å². The lowest BCUT2D eigenvalue weighted by atomic mass is 9.96. The Hall–Kier alpha value is -1.80. The van der Waals surface area contributed by atoms with Crippen molar-refractivity contribution in [1.29, 1.82) is 0 Å². The minimum absolute atomic E-state index is 0.633. The number of hydrogen-bond acceptors (Lipinski definition) is 1. The quantitative estimate of drug-likeness (QED) is 0.835. The van der Waals surface area contributed by atoms with Gasteiger partial charge in [0.2, 0.25) is 0 Å². The van der Waals surface area contributed by atoms with Gasteiger partial charge in [-0.1, -0.05) is 49.6 Å². The molecule has 2 nitrogen and oxygen atoms in total. The van der Waals surface area contributed by atoms with Gasteiger partial charge >= 0.3 is 0 Å². The molecule has 0 aliphatic heterocycles. The maximum Gasteiger partial charge on any atom is 0.119 e. The molecule has 0 amide bonds. The Balaban J connectivity index is 1.44. The molecule has 24 heavy (non-hydrogen) atoms. The molecule has 2 heteroatoms. The number of rotatable bonds is 6. The van der Waals surface area contributed by atoms with Crippen molar-refractivity contribution in [1.82, 2.24) is 0 Å². The van der Waals surface area contributed by atoms with Gasteiger partial charge < -0.3 is 10.1 Å². The highest BCUT2D eigenvalue weighted by molar-refractivity contribution is 5.27. The van der Waals surface area contributed by atoms with Gasteiger partial charge in [-0.25, -0.2) is 0 Å². The van der Waals surface area contributed by atoms with Crippen LogP contribution < -0.4 is 10.1 Å². The molecule has 0 spiro atoms. The molecule has 2 aromatic carbocycles. The largest absolute Gasteiger partial charge is 0.489 e. The lowest BCUT2D eigenvalue weighted by Gasteiger charge is -2.18. The molecule has 1 aliphatic rings. The molecule has 1 fully saturated rings. The van der Waals surface area contributed by atoms with Crippen molar-refractivity contribution in [3.05, 3.63) is 65.7 Å². The number of quaternary nitrogens is 1. The maximum atomic E-state index is 5.86. The maximum absolute atomic E-state index is 5.86. The number of nitrogens with two attached hydrogens (primary N) is 1. The third kappa shape index (κ3) is 5.68. The molecule has 1 aliphatic carbocycles. The van der Waals surface area contributed by atoms with Gasteiger partial charge in [0.25, 0.3) is 0 Å². The summed E-state index contributed by atoms with van der Waals surface area (Å²) in [6, 6.07) is 19.8. The lowest BCUT2D eigenvalue weighted by molar-refractivity contribution is -0.706. The molecule has 0 radical (unpaired) electrons. The van der Waals surface area contributed by atoms with E-state index in [1.165, 1.54) is 56.1 Å². The van der Waals surface area contributed by atoms with Crippen molar-refractivity contribution in [3.63, 3.8) is 0 Å². The summed E-state index contributed by atoms with van der Waals surface area (Å²) in [5, 5.41) is 2.55. The van der Waals surface area contributed by atoms with Gasteiger partial charge in [0, 0.05) is 5.56 Å². The zero-order valence-corrected chi connectivity index (χ0v) is 14.6. The third-order valence-corrected chi connectivity index (χ3v) is 5.01. The van der Waals surface area contributed by atoms with Crippen LogP contribution in [0.5, 0.6) is 5.75 Å². The van der Waals surface area contributed by atoms with E-state index in [0.717, 1.165) is 18.3 Å². The van der Waals surface area contributed by atoms with E-state index < -0.39 is 0 Å². The second kappa shape index (κ2) is 9.48. The Kier molecular flexibility index (Phi) is 6.73. The SMILES string of the molecule is c1ccc(COc2ccc(C[NH2+]C3CCCCCCC3)cc2)cc1. The van der Waals surface area contributed by atoms with Gasteiger partial charge in [0.15, 0.2) is 0 Å². The standard InChI is InChI=1S/C22H29NO/c1-2-7-11-21(12-8-3-1)23-17-19-13-15-22(16-14-19)24-18-20-9-5-4-6-10-20/h4-6,9-10,13-16,21,23H,1-3,7-8,11-12,17-18H2/p+1. The molecular formula is C22H30NO+. The summed E-state index contributed by atoms with van der Waals surface area (Å²) in [5.74, 6) is 0.952. The van der Waals surface area contributed by atoms with Gasteiger partial charge in [-0.2, -0.15) is 0 Å². The van der Waals surface area contributed by atoms with Crippen LogP contribution in [0, 0.1) is 0 Å². The van der Waals surface area contributed by atoms with Crippen LogP contribution in [0.25, 0.3) is 0 Å². The van der Waals surface area contributed by atoms with Gasteiger partial charge in [-0.3, -0.25) is 0 Å². The van der Waals surface area contributed by atoms with E-state index in [2.05, 4.69) is 41.7 Å². The fraction of sp³-hybridized carbons (Fsp3) is 0.455. The Morgan fingerprint density at radius 3 is 2.12 bits per heavy atom. The zero-order valence-electron chi connectivity index (χ0n) is 14.6. The highest BCUT2D eigenvalue weighted by atomic mass is 16.5. The summed E-state index contributed by atoms with van der Waals surface area (Å²) in [6.07, 6.45) is 9.89. The van der Waals surface area contributed by atoms with Gasteiger partial charge in [-0.15, -0.1) is 0 Å². The van der Waals surface area contributed by atoms with Crippen molar-refractivity contribution >= 4 is 0 Å². The molecule has 1 saturated carbocycles. The van der Waals surface area contributed by atoms with E-state index in [0.29, 0.717) is 6.61 Å². The molecule has 128 valence electrons. The second-order valence-electron chi connectivity index (χ2n) is 6.96. The molecule has 3 rings (SSSR count). The summed E-state index contributed by atoms with van der Waals surface area (Å²) in [5.41, 5.74) is 2.60. The van der Waals surface area contributed by atoms with Crippen LogP contribution in [0.1, 0.15) is 56.1 Å². The minimum atomic E-state index is 0.633. The first-order chi connectivity index (χ1) is 11.9. The number of benzene rings is 2. The Bertz CT molecular complexity index is 571. The van der Waals surface area contributed by atoms with E-state index in [4.69, 9.17) is 4.74 Å². The Labute approximate surface area is 146 Å². The topological polar surface area (TPSA) is 25.8 Å². The molecule has 0 bridgehead atoms. The van der Waals surface area contributed by atoms with Crippen LogP contribution in [0.2, 0.25) is 0 Å². The molecule has 2 N–H and O–H groups in total. The predicted molar refractivity (Wildman–Crippen MR) is 99.0 cm³/mol. The summed E-state index contributed by atoms with van der Waals surface area (Å²) >= 11 is 0. The molecular weight excluding hydrogens is 294 g/mol. The third-order valence-electron chi connectivity index (χ3n) is 5.01. The first-order valence-corrected chi connectivity index (χ1v) is 9.49. The summed E-state index contributed by atoms with van der Waals surface area (Å²) in [6.45, 7) is 1.72. The van der Waals surface area contributed by atoms with Crippen molar-refractivity contribution < 1.29 is 10.1 Å². The molecule has 0 atom stereocenters. The zero-order chi connectivity index (χ0) is 16.5. The average Bonchev–Trinajstić information content (AvgIpc) is 2.61. The van der Waals surface area contributed by atoms with Crippen LogP contribution in [-0.2, 0) is 13.2 Å². The fourth-order valence-electron chi connectivity index (χ4n) is 3.49. The average molecular weight is 324 g/mol. The highest BCUT2D eigenvalue weighted by Gasteiger charge is 2.13. The molecule has 2 aromatic rings.